The van der Waals surface area contributed by atoms with Crippen molar-refractivity contribution in [2.24, 2.45) is 11.8 Å². The Morgan fingerprint density at radius 3 is 1.58 bits per heavy atom. The number of anilines is 1. The highest BCUT2D eigenvalue weighted by Crippen LogP contribution is 2.61. The van der Waals surface area contributed by atoms with Crippen LogP contribution < -0.4 is 14.4 Å². The van der Waals surface area contributed by atoms with E-state index < -0.39 is 11.8 Å². The predicted octanol–water partition coefficient (Wildman–Crippen LogP) is 4.10. The number of rotatable bonds is 3. The lowest BCUT2D eigenvalue weighted by Crippen LogP contribution is -2.41. The van der Waals surface area contributed by atoms with Crippen LogP contribution in [0.5, 0.6) is 11.5 Å². The average molecular weight is 411 g/mol. The summed E-state index contributed by atoms with van der Waals surface area (Å²) in [5.74, 6) is -0.372. The van der Waals surface area contributed by atoms with E-state index in [9.17, 15) is 9.59 Å². The fourth-order valence-corrected chi connectivity index (χ4v) is 5.89. The molecule has 2 atom stereocenters. The van der Waals surface area contributed by atoms with Crippen molar-refractivity contribution in [1.29, 1.82) is 0 Å². The summed E-state index contributed by atoms with van der Waals surface area (Å²) in [5.41, 5.74) is 5.08. The number of imide groups is 1. The van der Waals surface area contributed by atoms with Crippen LogP contribution in [0.3, 0.4) is 0 Å². The highest BCUT2D eigenvalue weighted by molar-refractivity contribution is 6.24. The number of nitrogens with zero attached hydrogens (tertiary/aromatic N) is 1. The van der Waals surface area contributed by atoms with Crippen molar-refractivity contribution in [2.45, 2.75) is 11.8 Å². The molecular weight excluding hydrogens is 390 g/mol. The summed E-state index contributed by atoms with van der Waals surface area (Å²) >= 11 is 0. The van der Waals surface area contributed by atoms with Gasteiger partial charge in [-0.1, -0.05) is 48.5 Å². The highest BCUT2D eigenvalue weighted by atomic mass is 16.5. The standard InChI is InChI=1S/C26H21NO4/c1-30-14-11-12-20(31-2)19(13-14)27-25(28)23-21-15-7-3-4-8-16(15)22(24(23)26(27)29)18-10-6-5-9-17(18)21/h3-13,21-24H,1-2H3/t21?,22?,23-,24-/m1/s1. The molecule has 1 saturated heterocycles. The van der Waals surface area contributed by atoms with Gasteiger partial charge in [-0.25, -0.2) is 4.90 Å². The third-order valence-corrected chi connectivity index (χ3v) is 7.08. The van der Waals surface area contributed by atoms with Crippen LogP contribution in [0.2, 0.25) is 0 Å². The van der Waals surface area contributed by atoms with E-state index >= 15 is 0 Å². The Morgan fingerprint density at radius 2 is 1.16 bits per heavy atom. The number of carbonyl (C=O) groups excluding carboxylic acids is 2. The lowest BCUT2D eigenvalue weighted by molar-refractivity contribution is -0.122. The van der Waals surface area contributed by atoms with Gasteiger partial charge in [0.25, 0.3) is 0 Å². The molecular formula is C26H21NO4. The van der Waals surface area contributed by atoms with E-state index in [2.05, 4.69) is 24.3 Å². The van der Waals surface area contributed by atoms with Gasteiger partial charge in [0.1, 0.15) is 11.5 Å². The minimum atomic E-state index is -0.418. The van der Waals surface area contributed by atoms with Gasteiger partial charge in [0.2, 0.25) is 11.8 Å². The molecule has 2 amide bonds. The third kappa shape index (κ3) is 2.26. The van der Waals surface area contributed by atoms with Crippen molar-refractivity contribution in [2.75, 3.05) is 19.1 Å². The molecule has 5 heteroatoms. The van der Waals surface area contributed by atoms with Crippen LogP contribution in [0, 0.1) is 11.8 Å². The number of amides is 2. The lowest BCUT2D eigenvalue weighted by atomic mass is 9.55. The van der Waals surface area contributed by atoms with Crippen LogP contribution in [-0.4, -0.2) is 26.0 Å². The van der Waals surface area contributed by atoms with Gasteiger partial charge < -0.3 is 9.47 Å². The molecule has 154 valence electrons. The molecule has 0 spiro atoms. The zero-order valence-corrected chi connectivity index (χ0v) is 17.2. The van der Waals surface area contributed by atoms with E-state index in [1.165, 1.54) is 4.90 Å². The summed E-state index contributed by atoms with van der Waals surface area (Å²) in [7, 11) is 3.10. The number of hydrogen-bond donors (Lipinski definition) is 0. The summed E-state index contributed by atoms with van der Waals surface area (Å²) in [4.78, 5) is 29.0. The summed E-state index contributed by atoms with van der Waals surface area (Å²) in [6.07, 6.45) is 0. The van der Waals surface area contributed by atoms with E-state index in [4.69, 9.17) is 9.47 Å². The van der Waals surface area contributed by atoms with E-state index in [-0.39, 0.29) is 23.7 Å². The summed E-state index contributed by atoms with van der Waals surface area (Å²) in [6, 6.07) is 21.7. The largest absolute Gasteiger partial charge is 0.497 e. The number of hydrogen-bond acceptors (Lipinski definition) is 4. The molecule has 1 fully saturated rings. The SMILES string of the molecule is COc1ccc(OC)c(N2C(=O)[C@@H]3C4c5ccccc5C(c5ccccc54)[C@H]3C2=O)c1. The summed E-state index contributed by atoms with van der Waals surface area (Å²) in [5, 5.41) is 0. The van der Waals surface area contributed by atoms with Crippen LogP contribution in [0.25, 0.3) is 0 Å². The smallest absolute Gasteiger partial charge is 0.238 e. The molecule has 3 aromatic rings. The quantitative estimate of drug-likeness (QED) is 0.609. The van der Waals surface area contributed by atoms with Gasteiger partial charge in [-0.2, -0.15) is 0 Å². The first-order chi connectivity index (χ1) is 15.2. The van der Waals surface area contributed by atoms with Crippen molar-refractivity contribution >= 4 is 17.5 Å². The van der Waals surface area contributed by atoms with Crippen LogP contribution in [0.4, 0.5) is 5.69 Å². The van der Waals surface area contributed by atoms with Gasteiger partial charge in [0, 0.05) is 17.9 Å². The normalized spacial score (nSPS) is 25.2. The van der Waals surface area contributed by atoms with Gasteiger partial charge in [0.15, 0.2) is 0 Å². The zero-order chi connectivity index (χ0) is 21.3. The maximum Gasteiger partial charge on any atom is 0.238 e. The minimum absolute atomic E-state index is 0.125. The molecule has 1 aliphatic heterocycles. The van der Waals surface area contributed by atoms with Crippen molar-refractivity contribution in [3.63, 3.8) is 0 Å². The maximum absolute atomic E-state index is 13.8. The number of methoxy groups -OCH3 is 2. The minimum Gasteiger partial charge on any atom is -0.497 e. The molecule has 0 saturated carbocycles. The maximum atomic E-state index is 13.8. The van der Waals surface area contributed by atoms with Crippen molar-refractivity contribution < 1.29 is 19.1 Å². The molecule has 2 bridgehead atoms. The zero-order valence-electron chi connectivity index (χ0n) is 17.2. The second-order valence-corrected chi connectivity index (χ2v) is 8.31. The highest BCUT2D eigenvalue weighted by Gasteiger charge is 2.62. The second kappa shape index (κ2) is 6.45. The summed E-state index contributed by atoms with van der Waals surface area (Å²) < 4.78 is 10.9. The predicted molar refractivity (Wildman–Crippen MR) is 116 cm³/mol. The first-order valence-electron chi connectivity index (χ1n) is 10.4. The van der Waals surface area contributed by atoms with Crippen molar-refractivity contribution in [1.82, 2.24) is 0 Å². The molecule has 0 unspecified atom stereocenters. The Balaban J connectivity index is 1.56. The fraction of sp³-hybridized carbons (Fsp3) is 0.231. The number of carbonyl (C=O) groups is 2. The van der Waals surface area contributed by atoms with Gasteiger partial charge in [-0.3, -0.25) is 9.59 Å². The molecule has 0 aromatic heterocycles. The summed E-state index contributed by atoms with van der Waals surface area (Å²) in [6.45, 7) is 0. The Bertz CT molecular complexity index is 1130. The molecule has 4 aliphatic rings. The van der Waals surface area contributed by atoms with E-state index in [1.807, 2.05) is 24.3 Å². The number of ether oxygens (including phenoxy) is 2. The molecule has 3 aliphatic carbocycles. The molecule has 5 nitrogen and oxygen atoms in total. The van der Waals surface area contributed by atoms with E-state index in [1.54, 1.807) is 32.4 Å². The van der Waals surface area contributed by atoms with Crippen LogP contribution >= 0.6 is 0 Å². The van der Waals surface area contributed by atoms with E-state index in [0.717, 1.165) is 22.3 Å². The molecule has 31 heavy (non-hydrogen) atoms. The molecule has 7 rings (SSSR count). The molecule has 0 radical (unpaired) electrons. The van der Waals surface area contributed by atoms with Crippen LogP contribution in [0.1, 0.15) is 34.1 Å². The van der Waals surface area contributed by atoms with Crippen LogP contribution in [-0.2, 0) is 9.59 Å². The van der Waals surface area contributed by atoms with Gasteiger partial charge in [-0.15, -0.1) is 0 Å². The van der Waals surface area contributed by atoms with Crippen LogP contribution in [0.15, 0.2) is 66.7 Å². The molecule has 1 heterocycles. The average Bonchev–Trinajstić information content (AvgIpc) is 3.09. The van der Waals surface area contributed by atoms with E-state index in [0.29, 0.717) is 17.2 Å². The lowest BCUT2D eigenvalue weighted by Gasteiger charge is -2.45. The van der Waals surface area contributed by atoms with Crippen molar-refractivity contribution in [3.05, 3.63) is 89.0 Å². The third-order valence-electron chi connectivity index (χ3n) is 7.08. The number of benzene rings is 3. The van der Waals surface area contributed by atoms with Gasteiger partial charge >= 0.3 is 0 Å². The fourth-order valence-electron chi connectivity index (χ4n) is 5.89. The Kier molecular flexibility index (Phi) is 3.78. The Hall–Kier alpha value is -3.60. The van der Waals surface area contributed by atoms with Gasteiger partial charge in [0.05, 0.1) is 31.7 Å². The second-order valence-electron chi connectivity index (χ2n) is 8.31. The first kappa shape index (κ1) is 18.2. The van der Waals surface area contributed by atoms with Crippen molar-refractivity contribution in [3.8, 4) is 11.5 Å². The first-order valence-corrected chi connectivity index (χ1v) is 10.4. The monoisotopic (exact) mass is 411 g/mol. The topological polar surface area (TPSA) is 55.8 Å². The van der Waals surface area contributed by atoms with Gasteiger partial charge in [-0.05, 0) is 34.4 Å². The molecule has 3 aromatic carbocycles. The molecule has 0 N–H and O–H groups in total. The Morgan fingerprint density at radius 1 is 0.677 bits per heavy atom. The Labute approximate surface area is 180 Å².